The number of amides is 1. The van der Waals surface area contributed by atoms with Crippen LogP contribution in [0.1, 0.15) is 29.8 Å². The number of para-hydroxylation sites is 1. The lowest BCUT2D eigenvalue weighted by molar-refractivity contribution is -0.133. The highest BCUT2D eigenvalue weighted by Gasteiger charge is 2.40. The minimum absolute atomic E-state index is 0.0120. The molecule has 7 nitrogen and oxygen atoms in total. The summed E-state index contributed by atoms with van der Waals surface area (Å²) in [6.07, 6.45) is 1.04. The van der Waals surface area contributed by atoms with Crippen LogP contribution >= 0.6 is 0 Å². The molecule has 1 unspecified atom stereocenters. The van der Waals surface area contributed by atoms with Gasteiger partial charge in [0.05, 0.1) is 16.3 Å². The third-order valence-corrected chi connectivity index (χ3v) is 8.04. The van der Waals surface area contributed by atoms with E-state index in [4.69, 9.17) is 0 Å². The Morgan fingerprint density at radius 2 is 1.79 bits per heavy atom. The molecule has 1 aromatic heterocycles. The summed E-state index contributed by atoms with van der Waals surface area (Å²) in [6, 6.07) is 13.7. The summed E-state index contributed by atoms with van der Waals surface area (Å²) in [4.78, 5) is 14.9. The Balaban J connectivity index is 1.55. The number of aromatic nitrogens is 2. The molecule has 174 valence electrons. The third-order valence-electron chi connectivity index (χ3n) is 6.12. The van der Waals surface area contributed by atoms with E-state index in [1.807, 2.05) is 48.9 Å². The van der Waals surface area contributed by atoms with Crippen molar-refractivity contribution < 1.29 is 17.6 Å². The second-order valence-electron chi connectivity index (χ2n) is 8.32. The SMILES string of the molecule is Cc1nn(-c2ccccc2)c(C)c1CN(C)C(=O)C1CCCN1S(=O)(=O)c1ccc(F)cc1. The third kappa shape index (κ3) is 4.43. The molecule has 0 aliphatic carbocycles. The Kier molecular flexibility index (Phi) is 6.36. The average Bonchev–Trinajstić information content (AvgIpc) is 3.41. The first-order chi connectivity index (χ1) is 15.7. The number of sulfonamides is 1. The maximum absolute atomic E-state index is 13.3. The maximum atomic E-state index is 13.3. The van der Waals surface area contributed by atoms with Crippen LogP contribution < -0.4 is 0 Å². The van der Waals surface area contributed by atoms with Crippen molar-refractivity contribution in [3.63, 3.8) is 0 Å². The van der Waals surface area contributed by atoms with E-state index in [1.165, 1.54) is 16.4 Å². The van der Waals surface area contributed by atoms with Crippen molar-refractivity contribution >= 4 is 15.9 Å². The number of aryl methyl sites for hydroxylation is 1. The Hall–Kier alpha value is -3.04. The van der Waals surface area contributed by atoms with E-state index in [9.17, 15) is 17.6 Å². The van der Waals surface area contributed by atoms with Crippen molar-refractivity contribution in [3.05, 3.63) is 77.4 Å². The highest BCUT2D eigenvalue weighted by Crippen LogP contribution is 2.28. The predicted molar refractivity (Wildman–Crippen MR) is 123 cm³/mol. The van der Waals surface area contributed by atoms with Gasteiger partial charge in [-0.3, -0.25) is 4.79 Å². The van der Waals surface area contributed by atoms with Gasteiger partial charge >= 0.3 is 0 Å². The summed E-state index contributed by atoms with van der Waals surface area (Å²) < 4.78 is 42.6. The van der Waals surface area contributed by atoms with Crippen molar-refractivity contribution in [2.45, 2.75) is 44.2 Å². The van der Waals surface area contributed by atoms with Crippen LogP contribution in [0.25, 0.3) is 5.69 Å². The molecule has 1 fully saturated rings. The number of likely N-dealkylation sites (N-methyl/N-ethyl adjacent to an activating group) is 1. The van der Waals surface area contributed by atoms with Crippen LogP contribution in [0.5, 0.6) is 0 Å². The van der Waals surface area contributed by atoms with Gasteiger partial charge in [0.25, 0.3) is 0 Å². The zero-order chi connectivity index (χ0) is 23.8. The fraction of sp³-hybridized carbons (Fsp3) is 0.333. The highest BCUT2D eigenvalue weighted by molar-refractivity contribution is 7.89. The number of carbonyl (C=O) groups is 1. The first-order valence-corrected chi connectivity index (χ1v) is 12.3. The van der Waals surface area contributed by atoms with Gasteiger partial charge in [0, 0.05) is 31.4 Å². The van der Waals surface area contributed by atoms with Gasteiger partial charge in [-0.1, -0.05) is 18.2 Å². The molecule has 0 N–H and O–H groups in total. The number of hydrogen-bond donors (Lipinski definition) is 0. The number of carbonyl (C=O) groups excluding carboxylic acids is 1. The number of benzene rings is 2. The van der Waals surface area contributed by atoms with Gasteiger partial charge in [-0.2, -0.15) is 9.40 Å². The first-order valence-electron chi connectivity index (χ1n) is 10.8. The zero-order valence-corrected chi connectivity index (χ0v) is 19.7. The summed E-state index contributed by atoms with van der Waals surface area (Å²) in [6.45, 7) is 4.45. The molecule has 2 aromatic carbocycles. The number of halogens is 1. The van der Waals surface area contributed by atoms with Crippen LogP contribution in [0, 0.1) is 19.7 Å². The van der Waals surface area contributed by atoms with Crippen molar-refractivity contribution in [2.75, 3.05) is 13.6 Å². The smallest absolute Gasteiger partial charge is 0.243 e. The lowest BCUT2D eigenvalue weighted by Gasteiger charge is -2.27. The summed E-state index contributed by atoms with van der Waals surface area (Å²) in [7, 11) is -2.22. The van der Waals surface area contributed by atoms with Gasteiger partial charge in [-0.25, -0.2) is 17.5 Å². The molecule has 3 aromatic rings. The molecule has 0 saturated carbocycles. The molecule has 1 aliphatic heterocycles. The zero-order valence-electron chi connectivity index (χ0n) is 18.9. The normalized spacial score (nSPS) is 16.8. The molecule has 1 amide bonds. The minimum atomic E-state index is -3.90. The first kappa shape index (κ1) is 23.1. The largest absolute Gasteiger partial charge is 0.340 e. The molecular weight excluding hydrogens is 443 g/mol. The molecule has 2 heterocycles. The molecule has 0 radical (unpaired) electrons. The van der Waals surface area contributed by atoms with E-state index >= 15 is 0 Å². The molecule has 1 saturated heterocycles. The second-order valence-corrected chi connectivity index (χ2v) is 10.2. The van der Waals surface area contributed by atoms with E-state index in [0.29, 0.717) is 19.4 Å². The molecule has 33 heavy (non-hydrogen) atoms. The molecule has 1 aliphatic rings. The fourth-order valence-electron chi connectivity index (χ4n) is 4.31. The Morgan fingerprint density at radius 3 is 2.45 bits per heavy atom. The molecule has 1 atom stereocenters. The monoisotopic (exact) mass is 470 g/mol. The van der Waals surface area contributed by atoms with Gasteiger partial charge in [0.15, 0.2) is 0 Å². The van der Waals surface area contributed by atoms with Gasteiger partial charge in [0.2, 0.25) is 15.9 Å². The van der Waals surface area contributed by atoms with Gasteiger partial charge in [0.1, 0.15) is 11.9 Å². The van der Waals surface area contributed by atoms with E-state index in [0.717, 1.165) is 34.8 Å². The van der Waals surface area contributed by atoms with Crippen molar-refractivity contribution in [1.82, 2.24) is 19.0 Å². The quantitative estimate of drug-likeness (QED) is 0.553. The Labute approximate surface area is 193 Å². The molecule has 4 rings (SSSR count). The Bertz CT molecular complexity index is 1260. The average molecular weight is 471 g/mol. The lowest BCUT2D eigenvalue weighted by Crippen LogP contribution is -2.46. The maximum Gasteiger partial charge on any atom is 0.243 e. The standard InChI is InChI=1S/C24H27FN4O3S/c1-17-22(18(2)29(26-17)20-8-5-4-6-9-20)16-27(3)24(30)23-10-7-15-28(23)33(31,32)21-13-11-19(25)12-14-21/h4-6,8-9,11-14,23H,7,10,15-16H2,1-3H3. The van der Waals surface area contributed by atoms with Crippen LogP contribution in [0.4, 0.5) is 4.39 Å². The topological polar surface area (TPSA) is 75.5 Å². The fourth-order valence-corrected chi connectivity index (χ4v) is 5.96. The van der Waals surface area contributed by atoms with Crippen LogP contribution in [0.15, 0.2) is 59.5 Å². The Morgan fingerprint density at radius 1 is 1.12 bits per heavy atom. The van der Waals surface area contributed by atoms with Crippen molar-refractivity contribution in [3.8, 4) is 5.69 Å². The van der Waals surface area contributed by atoms with Crippen molar-refractivity contribution in [2.24, 2.45) is 0 Å². The van der Waals surface area contributed by atoms with Crippen LogP contribution in [-0.2, 0) is 21.4 Å². The highest BCUT2D eigenvalue weighted by atomic mass is 32.2. The minimum Gasteiger partial charge on any atom is -0.340 e. The summed E-state index contributed by atoms with van der Waals surface area (Å²) >= 11 is 0. The number of rotatable bonds is 6. The molecule has 9 heteroatoms. The van der Waals surface area contributed by atoms with Gasteiger partial charge in [-0.15, -0.1) is 0 Å². The lowest BCUT2D eigenvalue weighted by atomic mass is 10.1. The van der Waals surface area contributed by atoms with Crippen LogP contribution in [-0.4, -0.2) is 52.9 Å². The summed E-state index contributed by atoms with van der Waals surface area (Å²) in [5.74, 6) is -0.769. The number of nitrogens with zero attached hydrogens (tertiary/aromatic N) is 4. The summed E-state index contributed by atoms with van der Waals surface area (Å²) in [5.41, 5.74) is 3.62. The van der Waals surface area contributed by atoms with Gasteiger partial charge in [-0.05, 0) is 63.1 Å². The van der Waals surface area contributed by atoms with Crippen LogP contribution in [0.2, 0.25) is 0 Å². The molecule has 0 spiro atoms. The number of hydrogen-bond acceptors (Lipinski definition) is 4. The van der Waals surface area contributed by atoms with E-state index < -0.39 is 21.9 Å². The van der Waals surface area contributed by atoms with Gasteiger partial charge < -0.3 is 4.90 Å². The van der Waals surface area contributed by atoms with E-state index in [2.05, 4.69) is 5.10 Å². The van der Waals surface area contributed by atoms with E-state index in [1.54, 1.807) is 11.9 Å². The summed E-state index contributed by atoms with van der Waals surface area (Å²) in [5, 5.41) is 4.63. The van der Waals surface area contributed by atoms with Crippen LogP contribution in [0.3, 0.4) is 0 Å². The predicted octanol–water partition coefficient (Wildman–Crippen LogP) is 3.44. The molecule has 0 bridgehead atoms. The second kappa shape index (κ2) is 9.07. The van der Waals surface area contributed by atoms with E-state index in [-0.39, 0.29) is 17.3 Å². The molecular formula is C24H27FN4O3S. The van der Waals surface area contributed by atoms with Crippen molar-refractivity contribution in [1.29, 1.82) is 0 Å².